The second-order valence-corrected chi connectivity index (χ2v) is 8.96. The molecule has 0 atom stereocenters. The fourth-order valence-corrected chi connectivity index (χ4v) is 4.35. The van der Waals surface area contributed by atoms with Crippen LogP contribution in [0.1, 0.15) is 21.5 Å². The molecule has 4 rings (SSSR count). The molecule has 5 nitrogen and oxygen atoms in total. The second kappa shape index (κ2) is 10.2. The van der Waals surface area contributed by atoms with Crippen LogP contribution in [-0.4, -0.2) is 21.1 Å². The van der Waals surface area contributed by atoms with Gasteiger partial charge in [0.2, 0.25) is 0 Å². The maximum Gasteiger partial charge on any atom is 0.285 e. The molecule has 0 unspecified atom stereocenters. The molecule has 0 aromatic heterocycles. The molecular formula is C24H16ClFN2O3S2. The Kier molecular flexibility index (Phi) is 7.08. The number of thioether (sulfide) groups is 1. The highest BCUT2D eigenvalue weighted by atomic mass is 35.5. The number of hydrogen-bond acceptors (Lipinski definition) is 5. The van der Waals surface area contributed by atoms with E-state index < -0.39 is 17.6 Å². The molecule has 1 aliphatic heterocycles. The van der Waals surface area contributed by atoms with Gasteiger partial charge in [0.1, 0.15) is 18.2 Å². The molecule has 0 aliphatic carbocycles. The summed E-state index contributed by atoms with van der Waals surface area (Å²) in [5.74, 6) is -0.747. The lowest BCUT2D eigenvalue weighted by Crippen LogP contribution is -2.44. The summed E-state index contributed by atoms with van der Waals surface area (Å²) in [6, 6.07) is 19.9. The summed E-state index contributed by atoms with van der Waals surface area (Å²) in [7, 11) is 0. The van der Waals surface area contributed by atoms with Gasteiger partial charge in [0.15, 0.2) is 4.32 Å². The van der Waals surface area contributed by atoms with Crippen molar-refractivity contribution >= 4 is 57.8 Å². The van der Waals surface area contributed by atoms with Crippen molar-refractivity contribution in [3.63, 3.8) is 0 Å². The lowest BCUT2D eigenvalue weighted by Gasteiger charge is -2.15. The average molecular weight is 499 g/mol. The van der Waals surface area contributed by atoms with Gasteiger partial charge in [-0.2, -0.15) is 5.01 Å². The number of rotatable bonds is 6. The molecule has 1 fully saturated rings. The molecule has 1 heterocycles. The maximum absolute atomic E-state index is 13.9. The van der Waals surface area contributed by atoms with E-state index in [1.807, 2.05) is 0 Å². The van der Waals surface area contributed by atoms with E-state index in [1.54, 1.807) is 66.7 Å². The first kappa shape index (κ1) is 23.0. The van der Waals surface area contributed by atoms with Crippen molar-refractivity contribution in [2.75, 3.05) is 0 Å². The van der Waals surface area contributed by atoms with Gasteiger partial charge < -0.3 is 4.74 Å². The molecule has 166 valence electrons. The molecule has 1 aliphatic rings. The quantitative estimate of drug-likeness (QED) is 0.354. The summed E-state index contributed by atoms with van der Waals surface area (Å²) in [5.41, 5.74) is 3.98. The Morgan fingerprint density at radius 1 is 1.09 bits per heavy atom. The number of carbonyl (C=O) groups excluding carboxylic acids is 2. The van der Waals surface area contributed by atoms with Crippen molar-refractivity contribution in [2.24, 2.45) is 0 Å². The number of thiocarbonyl (C=S) groups is 1. The van der Waals surface area contributed by atoms with Crippen LogP contribution in [0.5, 0.6) is 5.75 Å². The fraction of sp³-hybridized carbons (Fsp3) is 0.0417. The maximum atomic E-state index is 13.9. The van der Waals surface area contributed by atoms with Crippen LogP contribution in [0.4, 0.5) is 4.39 Å². The van der Waals surface area contributed by atoms with Gasteiger partial charge in [-0.05, 0) is 60.3 Å². The number of carbonyl (C=O) groups is 2. The molecule has 2 amide bonds. The largest absolute Gasteiger partial charge is 0.489 e. The van der Waals surface area contributed by atoms with E-state index in [4.69, 9.17) is 28.6 Å². The van der Waals surface area contributed by atoms with E-state index in [9.17, 15) is 14.0 Å². The minimum atomic E-state index is -0.430. The number of ether oxygens (including phenoxy) is 1. The van der Waals surface area contributed by atoms with E-state index in [0.717, 1.165) is 22.3 Å². The first-order valence-electron chi connectivity index (χ1n) is 9.72. The molecule has 33 heavy (non-hydrogen) atoms. The van der Waals surface area contributed by atoms with Gasteiger partial charge >= 0.3 is 0 Å². The summed E-state index contributed by atoms with van der Waals surface area (Å²) < 4.78 is 19.7. The number of halogens is 2. The fourth-order valence-electron chi connectivity index (χ4n) is 2.96. The van der Waals surface area contributed by atoms with Gasteiger partial charge in [-0.15, -0.1) is 0 Å². The summed E-state index contributed by atoms with van der Waals surface area (Å²) in [6.07, 6.45) is 1.67. The van der Waals surface area contributed by atoms with E-state index >= 15 is 0 Å². The summed E-state index contributed by atoms with van der Waals surface area (Å²) in [4.78, 5) is 25.5. The number of nitrogens with zero attached hydrogens (tertiary/aromatic N) is 1. The number of hydrazine groups is 1. The molecule has 3 aromatic carbocycles. The number of amides is 2. The number of nitrogens with one attached hydrogen (secondary N) is 1. The van der Waals surface area contributed by atoms with Crippen molar-refractivity contribution in [2.45, 2.75) is 6.61 Å². The zero-order valence-corrected chi connectivity index (χ0v) is 19.3. The topological polar surface area (TPSA) is 58.6 Å². The van der Waals surface area contributed by atoms with E-state index in [0.29, 0.717) is 21.2 Å². The Balaban J connectivity index is 1.41. The Morgan fingerprint density at radius 3 is 2.52 bits per heavy atom. The third-order valence-electron chi connectivity index (χ3n) is 4.67. The van der Waals surface area contributed by atoms with Crippen molar-refractivity contribution in [3.05, 3.63) is 105 Å². The van der Waals surface area contributed by atoms with Gasteiger partial charge in [-0.3, -0.25) is 15.0 Å². The van der Waals surface area contributed by atoms with Crippen LogP contribution in [-0.2, 0) is 11.4 Å². The third kappa shape index (κ3) is 5.42. The highest BCUT2D eigenvalue weighted by molar-refractivity contribution is 8.26. The van der Waals surface area contributed by atoms with E-state index in [2.05, 4.69) is 5.43 Å². The zero-order chi connectivity index (χ0) is 23.4. The third-order valence-corrected chi connectivity index (χ3v) is 6.32. The lowest BCUT2D eigenvalue weighted by molar-refractivity contribution is -0.123. The molecule has 0 bridgehead atoms. The molecule has 3 aromatic rings. The summed E-state index contributed by atoms with van der Waals surface area (Å²) in [5, 5.41) is 1.37. The Morgan fingerprint density at radius 2 is 1.82 bits per heavy atom. The number of hydrogen-bond donors (Lipinski definition) is 1. The van der Waals surface area contributed by atoms with Gasteiger partial charge in [0.05, 0.1) is 9.93 Å². The minimum absolute atomic E-state index is 0.00930. The van der Waals surface area contributed by atoms with Crippen LogP contribution >= 0.6 is 35.6 Å². The van der Waals surface area contributed by atoms with Crippen molar-refractivity contribution in [3.8, 4) is 5.75 Å². The standard InChI is InChI=1S/C24H16ClFN2O3S2/c25-19-7-4-8-20(26)18(19)14-31-17-11-9-15(10-12-17)13-21-23(30)28(24(32)33-21)27-22(29)16-5-2-1-3-6-16/h1-13H,14H2,(H,27,29)/b21-13-. The summed E-state index contributed by atoms with van der Waals surface area (Å²) >= 11 is 12.4. The van der Waals surface area contributed by atoms with Crippen LogP contribution in [0, 0.1) is 5.82 Å². The van der Waals surface area contributed by atoms with Crippen LogP contribution in [0.2, 0.25) is 5.02 Å². The molecule has 1 N–H and O–H groups in total. The van der Waals surface area contributed by atoms with Crippen molar-refractivity contribution in [1.82, 2.24) is 10.4 Å². The highest BCUT2D eigenvalue weighted by Gasteiger charge is 2.33. The van der Waals surface area contributed by atoms with Gasteiger partial charge in [-0.1, -0.05) is 59.8 Å². The van der Waals surface area contributed by atoms with Gasteiger partial charge in [0, 0.05) is 11.1 Å². The highest BCUT2D eigenvalue weighted by Crippen LogP contribution is 2.32. The smallest absolute Gasteiger partial charge is 0.285 e. The van der Waals surface area contributed by atoms with Crippen LogP contribution < -0.4 is 10.2 Å². The molecular weight excluding hydrogens is 483 g/mol. The molecule has 0 saturated carbocycles. The molecule has 0 spiro atoms. The first-order valence-corrected chi connectivity index (χ1v) is 11.3. The van der Waals surface area contributed by atoms with Crippen LogP contribution in [0.3, 0.4) is 0 Å². The first-order chi connectivity index (χ1) is 15.9. The lowest BCUT2D eigenvalue weighted by atomic mass is 10.2. The van der Waals surface area contributed by atoms with E-state index in [-0.39, 0.29) is 16.5 Å². The zero-order valence-electron chi connectivity index (χ0n) is 17.0. The van der Waals surface area contributed by atoms with E-state index in [1.165, 1.54) is 12.1 Å². The predicted octanol–water partition coefficient (Wildman–Crippen LogP) is 5.60. The average Bonchev–Trinajstić information content (AvgIpc) is 3.07. The SMILES string of the molecule is O=C(NN1C(=O)/C(=C/c2ccc(OCc3c(F)cccc3Cl)cc2)SC1=S)c1ccccc1. The molecule has 9 heteroatoms. The van der Waals surface area contributed by atoms with Crippen molar-refractivity contribution in [1.29, 1.82) is 0 Å². The minimum Gasteiger partial charge on any atom is -0.489 e. The van der Waals surface area contributed by atoms with Crippen molar-refractivity contribution < 1.29 is 18.7 Å². The van der Waals surface area contributed by atoms with Gasteiger partial charge in [-0.25, -0.2) is 4.39 Å². The Bertz CT molecular complexity index is 1230. The predicted molar refractivity (Wildman–Crippen MR) is 131 cm³/mol. The number of benzene rings is 3. The normalized spacial score (nSPS) is 14.6. The Hall–Kier alpha value is -3.20. The molecule has 0 radical (unpaired) electrons. The van der Waals surface area contributed by atoms with Crippen LogP contribution in [0.25, 0.3) is 6.08 Å². The second-order valence-electron chi connectivity index (χ2n) is 6.88. The monoisotopic (exact) mass is 498 g/mol. The van der Waals surface area contributed by atoms with Crippen LogP contribution in [0.15, 0.2) is 77.7 Å². The summed E-state index contributed by atoms with van der Waals surface area (Å²) in [6.45, 7) is -0.00930. The molecule has 1 saturated heterocycles. The Labute approximate surface area is 204 Å². The van der Waals surface area contributed by atoms with Gasteiger partial charge in [0.25, 0.3) is 11.8 Å².